The zero-order valence-electron chi connectivity index (χ0n) is 8.24. The van der Waals surface area contributed by atoms with Crippen molar-refractivity contribution < 1.29 is 4.79 Å². The van der Waals surface area contributed by atoms with E-state index in [1.165, 1.54) is 12.8 Å². The maximum atomic E-state index is 11.4. The second-order valence-electron chi connectivity index (χ2n) is 3.92. The molecule has 0 bridgehead atoms. The molecule has 0 heterocycles. The van der Waals surface area contributed by atoms with E-state index >= 15 is 0 Å². The minimum atomic E-state index is 0.0756. The number of hydrogen-bond donors (Lipinski definition) is 1. The first-order valence-corrected chi connectivity index (χ1v) is 6.21. The first-order valence-electron chi connectivity index (χ1n) is 5.09. The molecule has 0 aromatic heterocycles. The van der Waals surface area contributed by atoms with Gasteiger partial charge in [0.25, 0.3) is 0 Å². The summed E-state index contributed by atoms with van der Waals surface area (Å²) in [6, 6.07) is 0. The molecule has 0 aliphatic heterocycles. The molecule has 0 radical (unpaired) electrons. The molecular weight excluding hydrogens is 230 g/mol. The van der Waals surface area contributed by atoms with Crippen LogP contribution in [-0.2, 0) is 4.79 Å². The van der Waals surface area contributed by atoms with Crippen LogP contribution in [0, 0.1) is 0 Å². The van der Waals surface area contributed by atoms with Crippen molar-refractivity contribution in [3.05, 3.63) is 0 Å². The van der Waals surface area contributed by atoms with Gasteiger partial charge in [-0.3, -0.25) is 4.79 Å². The Kier molecular flexibility index (Phi) is 4.23. The number of carbonyl (C=O) groups excluding carboxylic acids is 1. The van der Waals surface area contributed by atoms with Crippen LogP contribution in [0.5, 0.6) is 0 Å². The van der Waals surface area contributed by atoms with Gasteiger partial charge in [-0.25, -0.2) is 0 Å². The topological polar surface area (TPSA) is 29.1 Å². The van der Waals surface area contributed by atoms with Gasteiger partial charge in [-0.1, -0.05) is 35.7 Å². The van der Waals surface area contributed by atoms with Crippen LogP contribution in [0.15, 0.2) is 0 Å². The molecular formula is C10H18BrNO. The summed E-state index contributed by atoms with van der Waals surface area (Å²) in [5.74, 6) is 0.212. The van der Waals surface area contributed by atoms with Crippen LogP contribution < -0.4 is 5.32 Å². The molecule has 1 saturated carbocycles. The molecule has 1 fully saturated rings. The van der Waals surface area contributed by atoms with Crippen LogP contribution in [0.1, 0.15) is 45.4 Å². The van der Waals surface area contributed by atoms with E-state index < -0.39 is 0 Å². The Balaban J connectivity index is 2.43. The van der Waals surface area contributed by atoms with E-state index in [-0.39, 0.29) is 11.4 Å². The molecule has 3 heteroatoms. The Morgan fingerprint density at radius 3 is 2.54 bits per heavy atom. The number of alkyl halides is 1. The molecule has 13 heavy (non-hydrogen) atoms. The summed E-state index contributed by atoms with van der Waals surface area (Å²) >= 11 is 3.50. The average Bonchev–Trinajstić information content (AvgIpc) is 2.54. The second kappa shape index (κ2) is 4.99. The fraction of sp³-hybridized carbons (Fsp3) is 0.900. The molecule has 1 amide bonds. The third kappa shape index (κ3) is 2.97. The number of amides is 1. The number of rotatable bonds is 4. The molecule has 0 aromatic carbocycles. The van der Waals surface area contributed by atoms with Gasteiger partial charge in [0, 0.05) is 17.3 Å². The van der Waals surface area contributed by atoms with Gasteiger partial charge in [-0.05, 0) is 19.3 Å². The zero-order valence-corrected chi connectivity index (χ0v) is 9.82. The lowest BCUT2D eigenvalue weighted by Gasteiger charge is -2.28. The van der Waals surface area contributed by atoms with E-state index in [1.54, 1.807) is 0 Å². The van der Waals surface area contributed by atoms with Crippen LogP contribution in [0.25, 0.3) is 0 Å². The van der Waals surface area contributed by atoms with Crippen molar-refractivity contribution in [3.8, 4) is 0 Å². The van der Waals surface area contributed by atoms with Crippen molar-refractivity contribution in [2.45, 2.75) is 51.0 Å². The van der Waals surface area contributed by atoms with E-state index in [2.05, 4.69) is 21.2 Å². The summed E-state index contributed by atoms with van der Waals surface area (Å²) in [6.07, 6.45) is 6.36. The van der Waals surface area contributed by atoms with E-state index in [1.807, 2.05) is 6.92 Å². The summed E-state index contributed by atoms with van der Waals surface area (Å²) in [6.45, 7) is 2.04. The van der Waals surface area contributed by atoms with Crippen molar-refractivity contribution in [1.82, 2.24) is 5.32 Å². The van der Waals surface area contributed by atoms with Gasteiger partial charge in [-0.2, -0.15) is 0 Å². The molecule has 0 saturated heterocycles. The van der Waals surface area contributed by atoms with Crippen molar-refractivity contribution in [2.24, 2.45) is 0 Å². The third-order valence-electron chi connectivity index (χ3n) is 2.70. The Bertz CT molecular complexity index is 176. The normalized spacial score (nSPS) is 20.2. The van der Waals surface area contributed by atoms with Crippen molar-refractivity contribution in [1.29, 1.82) is 0 Å². The average molecular weight is 248 g/mol. The minimum absolute atomic E-state index is 0.0756. The predicted molar refractivity (Wildman–Crippen MR) is 58.0 cm³/mol. The summed E-state index contributed by atoms with van der Waals surface area (Å²) in [7, 11) is 0. The summed E-state index contributed by atoms with van der Waals surface area (Å²) < 4.78 is 0. The predicted octanol–water partition coefficient (Wildman–Crippen LogP) is 2.61. The quantitative estimate of drug-likeness (QED) is 0.761. The van der Waals surface area contributed by atoms with Crippen LogP contribution in [-0.4, -0.2) is 16.8 Å². The van der Waals surface area contributed by atoms with Gasteiger partial charge in [0.2, 0.25) is 5.91 Å². The lowest BCUT2D eigenvalue weighted by molar-refractivity contribution is -0.122. The van der Waals surface area contributed by atoms with Gasteiger partial charge in [-0.15, -0.1) is 0 Å². The van der Waals surface area contributed by atoms with Gasteiger partial charge in [0.05, 0.1) is 0 Å². The number of hydrogen-bond acceptors (Lipinski definition) is 1. The van der Waals surface area contributed by atoms with E-state index in [9.17, 15) is 4.79 Å². The van der Waals surface area contributed by atoms with Crippen LogP contribution in [0.4, 0.5) is 0 Å². The molecule has 1 aliphatic rings. The molecule has 0 atom stereocenters. The smallest absolute Gasteiger partial charge is 0.220 e. The Morgan fingerprint density at radius 1 is 1.46 bits per heavy atom. The maximum absolute atomic E-state index is 11.4. The minimum Gasteiger partial charge on any atom is -0.350 e. The van der Waals surface area contributed by atoms with E-state index in [0.29, 0.717) is 6.42 Å². The standard InChI is InChI=1S/C10H18BrNO/c1-2-5-9(13)12-10(8-11)6-3-4-7-10/h2-8H2,1H3,(H,12,13). The first-order chi connectivity index (χ1) is 6.22. The van der Waals surface area contributed by atoms with Crippen molar-refractivity contribution in [3.63, 3.8) is 0 Å². The summed E-state index contributed by atoms with van der Waals surface area (Å²) in [5, 5.41) is 4.06. The lowest BCUT2D eigenvalue weighted by Crippen LogP contribution is -2.47. The van der Waals surface area contributed by atoms with Gasteiger partial charge >= 0.3 is 0 Å². The zero-order chi connectivity index (χ0) is 9.73. The van der Waals surface area contributed by atoms with Gasteiger partial charge < -0.3 is 5.32 Å². The Hall–Kier alpha value is -0.0500. The van der Waals surface area contributed by atoms with Crippen LogP contribution in [0.2, 0.25) is 0 Å². The van der Waals surface area contributed by atoms with Gasteiger partial charge in [0.1, 0.15) is 0 Å². The molecule has 0 unspecified atom stereocenters. The van der Waals surface area contributed by atoms with E-state index in [4.69, 9.17) is 0 Å². The van der Waals surface area contributed by atoms with E-state index in [0.717, 1.165) is 24.6 Å². The molecule has 1 aliphatic carbocycles. The highest BCUT2D eigenvalue weighted by Crippen LogP contribution is 2.31. The Labute approximate surface area is 88.6 Å². The second-order valence-corrected chi connectivity index (χ2v) is 4.48. The molecule has 0 aromatic rings. The molecule has 1 rings (SSSR count). The summed E-state index contributed by atoms with van der Waals surface area (Å²) in [5.41, 5.74) is 0.0756. The molecule has 2 nitrogen and oxygen atoms in total. The monoisotopic (exact) mass is 247 g/mol. The van der Waals surface area contributed by atoms with Crippen LogP contribution >= 0.6 is 15.9 Å². The van der Waals surface area contributed by atoms with Crippen molar-refractivity contribution in [2.75, 3.05) is 5.33 Å². The highest BCUT2D eigenvalue weighted by molar-refractivity contribution is 9.09. The van der Waals surface area contributed by atoms with Crippen LogP contribution in [0.3, 0.4) is 0 Å². The third-order valence-corrected chi connectivity index (χ3v) is 3.77. The molecule has 0 spiro atoms. The molecule has 1 N–H and O–H groups in total. The number of carbonyl (C=O) groups is 1. The first kappa shape index (κ1) is 11.0. The number of halogens is 1. The maximum Gasteiger partial charge on any atom is 0.220 e. The largest absolute Gasteiger partial charge is 0.350 e. The highest BCUT2D eigenvalue weighted by Gasteiger charge is 2.33. The lowest BCUT2D eigenvalue weighted by atomic mass is 10.0. The Morgan fingerprint density at radius 2 is 2.08 bits per heavy atom. The summed E-state index contributed by atoms with van der Waals surface area (Å²) in [4.78, 5) is 11.4. The van der Waals surface area contributed by atoms with Gasteiger partial charge in [0.15, 0.2) is 0 Å². The highest BCUT2D eigenvalue weighted by atomic mass is 79.9. The SMILES string of the molecule is CCCC(=O)NC1(CBr)CCCC1. The number of nitrogens with one attached hydrogen (secondary N) is 1. The fourth-order valence-corrected chi connectivity index (χ4v) is 2.63. The van der Waals surface area contributed by atoms with Crippen molar-refractivity contribution >= 4 is 21.8 Å². The fourth-order valence-electron chi connectivity index (χ4n) is 1.93. The molecule has 76 valence electrons.